The molecule has 1 saturated heterocycles. The fourth-order valence-corrected chi connectivity index (χ4v) is 3.55. The molecule has 4 rings (SSSR count). The van der Waals surface area contributed by atoms with Gasteiger partial charge in [-0.15, -0.1) is 0 Å². The molecule has 1 aromatic heterocycles. The van der Waals surface area contributed by atoms with Crippen LogP contribution in [-0.2, 0) is 9.47 Å². The van der Waals surface area contributed by atoms with Crippen molar-refractivity contribution in [1.82, 2.24) is 4.57 Å². The van der Waals surface area contributed by atoms with Crippen molar-refractivity contribution in [3.05, 3.63) is 64.4 Å². The Labute approximate surface area is 161 Å². The molecule has 1 fully saturated rings. The number of aromatic nitrogens is 1. The molecular formula is C21H21N3O4. The standard InChI is InChI=1S/C21H21N3O4/c1-27-21(26)18-19(22)16-8-7-15(23-9-11-28-12-10-23)13-17(16)24(20(18)25)14-5-3-2-4-6-14/h2-8,13H,9-12,22H2,1H3. The molecule has 2 N–H and O–H groups in total. The lowest BCUT2D eigenvalue weighted by molar-refractivity contribution is 0.0600. The van der Waals surface area contributed by atoms with Crippen molar-refractivity contribution in [3.63, 3.8) is 0 Å². The molecule has 28 heavy (non-hydrogen) atoms. The maximum absolute atomic E-state index is 13.2. The van der Waals surface area contributed by atoms with Crippen molar-refractivity contribution in [2.24, 2.45) is 0 Å². The molecule has 0 saturated carbocycles. The summed E-state index contributed by atoms with van der Waals surface area (Å²) in [6.07, 6.45) is 0. The summed E-state index contributed by atoms with van der Waals surface area (Å²) in [4.78, 5) is 27.7. The molecule has 0 radical (unpaired) electrons. The first-order valence-corrected chi connectivity index (χ1v) is 9.06. The lowest BCUT2D eigenvalue weighted by atomic mass is 10.1. The van der Waals surface area contributed by atoms with E-state index in [1.165, 1.54) is 11.7 Å². The summed E-state index contributed by atoms with van der Waals surface area (Å²) in [6.45, 7) is 2.87. The summed E-state index contributed by atoms with van der Waals surface area (Å²) in [7, 11) is 1.24. The second kappa shape index (κ2) is 7.36. The van der Waals surface area contributed by atoms with Gasteiger partial charge in [-0.25, -0.2) is 4.79 Å². The molecular weight excluding hydrogens is 358 g/mol. The van der Waals surface area contributed by atoms with E-state index in [1.54, 1.807) is 0 Å². The molecule has 1 aliphatic rings. The van der Waals surface area contributed by atoms with Gasteiger partial charge in [0.05, 0.1) is 31.5 Å². The third-order valence-corrected chi connectivity index (χ3v) is 4.98. The highest BCUT2D eigenvalue weighted by Gasteiger charge is 2.23. The largest absolute Gasteiger partial charge is 0.465 e. The van der Waals surface area contributed by atoms with E-state index in [0.717, 1.165) is 18.8 Å². The van der Waals surface area contributed by atoms with Gasteiger partial charge in [0.1, 0.15) is 5.56 Å². The number of benzene rings is 2. The number of hydrogen-bond donors (Lipinski definition) is 1. The Balaban J connectivity index is 2.03. The van der Waals surface area contributed by atoms with Crippen LogP contribution in [0.2, 0.25) is 0 Å². The van der Waals surface area contributed by atoms with Crippen LogP contribution in [0.3, 0.4) is 0 Å². The summed E-state index contributed by atoms with van der Waals surface area (Å²) in [5.74, 6) is -0.744. The van der Waals surface area contributed by atoms with E-state index in [0.29, 0.717) is 29.8 Å². The smallest absolute Gasteiger partial charge is 0.345 e. The van der Waals surface area contributed by atoms with Crippen LogP contribution in [-0.4, -0.2) is 43.9 Å². The number of anilines is 2. The molecule has 1 aliphatic heterocycles. The number of nitrogens with two attached hydrogens (primary N) is 1. The Bertz CT molecular complexity index is 1090. The first kappa shape index (κ1) is 18.1. The summed E-state index contributed by atoms with van der Waals surface area (Å²) < 4.78 is 11.7. The van der Waals surface area contributed by atoms with E-state index in [4.69, 9.17) is 15.2 Å². The number of methoxy groups -OCH3 is 1. The highest BCUT2D eigenvalue weighted by Crippen LogP contribution is 2.29. The molecule has 0 atom stereocenters. The zero-order valence-corrected chi connectivity index (χ0v) is 15.6. The maximum atomic E-state index is 13.2. The van der Waals surface area contributed by atoms with E-state index in [2.05, 4.69) is 4.90 Å². The number of carbonyl (C=O) groups excluding carboxylic acids is 1. The number of hydrogen-bond acceptors (Lipinski definition) is 6. The van der Waals surface area contributed by atoms with Crippen LogP contribution in [0.1, 0.15) is 10.4 Å². The normalized spacial score (nSPS) is 14.2. The van der Waals surface area contributed by atoms with Gasteiger partial charge in [0.2, 0.25) is 0 Å². The van der Waals surface area contributed by atoms with Gasteiger partial charge in [-0.2, -0.15) is 0 Å². The lowest BCUT2D eigenvalue weighted by Crippen LogP contribution is -2.36. The summed E-state index contributed by atoms with van der Waals surface area (Å²) in [5, 5.41) is 0.626. The van der Waals surface area contributed by atoms with Gasteiger partial charge in [-0.3, -0.25) is 9.36 Å². The molecule has 2 aromatic carbocycles. The highest BCUT2D eigenvalue weighted by molar-refractivity contribution is 6.05. The molecule has 144 valence electrons. The molecule has 7 nitrogen and oxygen atoms in total. The number of para-hydroxylation sites is 1. The van der Waals surface area contributed by atoms with Crippen LogP contribution in [0.5, 0.6) is 0 Å². The maximum Gasteiger partial charge on any atom is 0.345 e. The summed E-state index contributed by atoms with van der Waals surface area (Å²) in [6, 6.07) is 14.9. The molecule has 2 heterocycles. The Morgan fingerprint density at radius 2 is 1.79 bits per heavy atom. The van der Waals surface area contributed by atoms with Gasteiger partial charge < -0.3 is 20.1 Å². The van der Waals surface area contributed by atoms with E-state index in [1.807, 2.05) is 48.5 Å². The van der Waals surface area contributed by atoms with Crippen LogP contribution in [0.4, 0.5) is 11.4 Å². The minimum absolute atomic E-state index is 0.132. The lowest BCUT2D eigenvalue weighted by Gasteiger charge is -2.29. The number of nitrogen functional groups attached to an aromatic ring is 1. The summed E-state index contributed by atoms with van der Waals surface area (Å²) in [5.41, 5.74) is 7.98. The Morgan fingerprint density at radius 1 is 1.07 bits per heavy atom. The van der Waals surface area contributed by atoms with Crippen LogP contribution >= 0.6 is 0 Å². The van der Waals surface area contributed by atoms with Crippen molar-refractivity contribution < 1.29 is 14.3 Å². The van der Waals surface area contributed by atoms with E-state index < -0.39 is 11.5 Å². The zero-order chi connectivity index (χ0) is 19.7. The first-order valence-electron chi connectivity index (χ1n) is 9.06. The minimum atomic E-state index is -0.744. The molecule has 3 aromatic rings. The van der Waals surface area contributed by atoms with Crippen molar-refractivity contribution in [2.45, 2.75) is 0 Å². The summed E-state index contributed by atoms with van der Waals surface area (Å²) >= 11 is 0. The monoisotopic (exact) mass is 379 g/mol. The van der Waals surface area contributed by atoms with E-state index in [-0.39, 0.29) is 11.3 Å². The Hall–Kier alpha value is -3.32. The van der Waals surface area contributed by atoms with Crippen LogP contribution in [0.25, 0.3) is 16.6 Å². The van der Waals surface area contributed by atoms with Crippen LogP contribution < -0.4 is 16.2 Å². The number of nitrogens with zero attached hydrogens (tertiary/aromatic N) is 2. The fourth-order valence-electron chi connectivity index (χ4n) is 3.55. The van der Waals surface area contributed by atoms with E-state index in [9.17, 15) is 9.59 Å². The van der Waals surface area contributed by atoms with Gasteiger partial charge in [-0.05, 0) is 30.3 Å². The minimum Gasteiger partial charge on any atom is -0.465 e. The average Bonchev–Trinajstić information content (AvgIpc) is 2.74. The second-order valence-corrected chi connectivity index (χ2v) is 6.56. The third-order valence-electron chi connectivity index (χ3n) is 4.98. The van der Waals surface area contributed by atoms with Crippen LogP contribution in [0.15, 0.2) is 53.3 Å². The average molecular weight is 379 g/mol. The number of esters is 1. The predicted octanol–water partition coefficient (Wildman–Crippen LogP) is 2.20. The number of pyridine rings is 1. The Kier molecular flexibility index (Phi) is 4.75. The zero-order valence-electron chi connectivity index (χ0n) is 15.6. The molecule has 0 spiro atoms. The molecule has 0 unspecified atom stereocenters. The molecule has 0 bridgehead atoms. The van der Waals surface area contributed by atoms with Gasteiger partial charge in [-0.1, -0.05) is 18.2 Å². The number of fused-ring (bicyclic) bond motifs is 1. The van der Waals surface area contributed by atoms with Crippen molar-refractivity contribution in [1.29, 1.82) is 0 Å². The Morgan fingerprint density at radius 3 is 2.46 bits per heavy atom. The SMILES string of the molecule is COC(=O)c1c(N)c2ccc(N3CCOCC3)cc2n(-c2ccccc2)c1=O. The first-order chi connectivity index (χ1) is 13.6. The highest BCUT2D eigenvalue weighted by atomic mass is 16.5. The number of carbonyl (C=O) groups is 1. The second-order valence-electron chi connectivity index (χ2n) is 6.56. The molecule has 0 amide bonds. The molecule has 7 heteroatoms. The number of morpholine rings is 1. The van der Waals surface area contributed by atoms with E-state index >= 15 is 0 Å². The van der Waals surface area contributed by atoms with Gasteiger partial charge in [0.25, 0.3) is 5.56 Å². The topological polar surface area (TPSA) is 86.8 Å². The van der Waals surface area contributed by atoms with Crippen LogP contribution in [0, 0.1) is 0 Å². The van der Waals surface area contributed by atoms with Gasteiger partial charge in [0, 0.05) is 29.9 Å². The fraction of sp³-hybridized carbons (Fsp3) is 0.238. The predicted molar refractivity (Wildman–Crippen MR) is 108 cm³/mol. The van der Waals surface area contributed by atoms with Crippen molar-refractivity contribution in [3.8, 4) is 5.69 Å². The number of ether oxygens (including phenoxy) is 2. The van der Waals surface area contributed by atoms with Crippen molar-refractivity contribution in [2.75, 3.05) is 44.0 Å². The third kappa shape index (κ3) is 2.99. The quantitative estimate of drug-likeness (QED) is 0.702. The van der Waals surface area contributed by atoms with Gasteiger partial charge in [0.15, 0.2) is 0 Å². The van der Waals surface area contributed by atoms with Crippen molar-refractivity contribution >= 4 is 28.2 Å². The molecule has 0 aliphatic carbocycles. The van der Waals surface area contributed by atoms with Gasteiger partial charge >= 0.3 is 5.97 Å². The number of rotatable bonds is 3.